The molecule has 1 heterocycles. The Hall–Kier alpha value is -2.63. The Morgan fingerprint density at radius 2 is 2.05 bits per heavy atom. The van der Waals surface area contributed by atoms with Gasteiger partial charge in [-0.2, -0.15) is 0 Å². The Morgan fingerprint density at radius 3 is 2.71 bits per heavy atom. The fourth-order valence-electron chi connectivity index (χ4n) is 2.15. The van der Waals surface area contributed by atoms with Gasteiger partial charge in [0, 0.05) is 24.9 Å². The van der Waals surface area contributed by atoms with Gasteiger partial charge in [-0.3, -0.25) is 9.59 Å². The van der Waals surface area contributed by atoms with Gasteiger partial charge >= 0.3 is 0 Å². The molecule has 2 aromatic rings. The number of para-hydroxylation sites is 1. The van der Waals surface area contributed by atoms with Gasteiger partial charge in [0.05, 0.1) is 11.1 Å². The number of fused-ring (bicyclic) bond motifs is 1. The average Bonchev–Trinajstić information content (AvgIpc) is 2.44. The molecular weight excluding hydrogens is 268 g/mol. The van der Waals surface area contributed by atoms with E-state index in [0.717, 1.165) is 10.9 Å². The largest absolute Gasteiger partial charge is 0.373 e. The number of anilines is 1. The van der Waals surface area contributed by atoms with Gasteiger partial charge < -0.3 is 16.4 Å². The third-order valence-corrected chi connectivity index (χ3v) is 3.10. The molecule has 0 spiro atoms. The third kappa shape index (κ3) is 3.47. The van der Waals surface area contributed by atoms with E-state index in [1.54, 1.807) is 20.0 Å². The number of nitrogens with zero attached hydrogens (tertiary/aromatic N) is 1. The summed E-state index contributed by atoms with van der Waals surface area (Å²) in [5, 5.41) is 6.47. The number of carbonyl (C=O) groups is 2. The molecule has 0 aliphatic heterocycles. The summed E-state index contributed by atoms with van der Waals surface area (Å²) in [6, 6.07) is 8.78. The quantitative estimate of drug-likeness (QED) is 0.771. The minimum Gasteiger partial charge on any atom is -0.373 e. The lowest BCUT2D eigenvalue weighted by molar-refractivity contribution is -0.118. The second-order valence-electron chi connectivity index (χ2n) is 4.87. The molecule has 2 amide bonds. The zero-order chi connectivity index (χ0) is 15.4. The van der Waals surface area contributed by atoms with Crippen LogP contribution < -0.4 is 16.4 Å². The highest BCUT2D eigenvalue weighted by Crippen LogP contribution is 2.20. The molecule has 1 aromatic carbocycles. The molecule has 4 N–H and O–H groups in total. The van der Waals surface area contributed by atoms with Gasteiger partial charge in [0.15, 0.2) is 0 Å². The molecule has 0 aliphatic rings. The summed E-state index contributed by atoms with van der Waals surface area (Å²) in [7, 11) is 1.74. The van der Waals surface area contributed by atoms with Gasteiger partial charge in [-0.25, -0.2) is 4.98 Å². The normalized spacial score (nSPS) is 11.9. The lowest BCUT2D eigenvalue weighted by Crippen LogP contribution is -2.35. The number of nitrogens with one attached hydrogen (secondary N) is 2. The first-order chi connectivity index (χ1) is 10.0. The fourth-order valence-corrected chi connectivity index (χ4v) is 2.15. The van der Waals surface area contributed by atoms with Crippen LogP contribution >= 0.6 is 0 Å². The van der Waals surface area contributed by atoms with Crippen molar-refractivity contribution in [1.29, 1.82) is 0 Å². The number of primary amides is 1. The number of carbonyl (C=O) groups excluding carboxylic acids is 2. The van der Waals surface area contributed by atoms with Crippen LogP contribution in [-0.2, 0) is 4.79 Å². The van der Waals surface area contributed by atoms with Crippen molar-refractivity contribution in [2.24, 2.45) is 5.73 Å². The number of hydrogen-bond acceptors (Lipinski definition) is 4. The minimum absolute atomic E-state index is 0.105. The van der Waals surface area contributed by atoms with Crippen molar-refractivity contribution in [3.63, 3.8) is 0 Å². The van der Waals surface area contributed by atoms with Gasteiger partial charge in [0.2, 0.25) is 5.91 Å². The monoisotopic (exact) mass is 286 g/mol. The van der Waals surface area contributed by atoms with E-state index in [4.69, 9.17) is 5.73 Å². The van der Waals surface area contributed by atoms with E-state index in [0.29, 0.717) is 11.4 Å². The van der Waals surface area contributed by atoms with E-state index >= 15 is 0 Å². The standard InChI is InChI=1S/C15H18N4O2/c1-9(7-13(16)20)18-15(21)11-8-14(17-2)19-12-6-4-3-5-10(11)12/h3-6,8-9H,7H2,1-2H3,(H2,16,20)(H,17,19)(H,18,21). The molecule has 0 aliphatic carbocycles. The lowest BCUT2D eigenvalue weighted by Gasteiger charge is -2.14. The molecule has 0 saturated carbocycles. The van der Waals surface area contributed by atoms with Gasteiger partial charge in [0.25, 0.3) is 5.91 Å². The van der Waals surface area contributed by atoms with Crippen LogP contribution in [0.2, 0.25) is 0 Å². The predicted octanol–water partition coefficient (Wildman–Crippen LogP) is 1.27. The zero-order valence-electron chi connectivity index (χ0n) is 12.0. The number of hydrogen-bond donors (Lipinski definition) is 3. The summed E-state index contributed by atoms with van der Waals surface area (Å²) in [4.78, 5) is 27.7. The highest BCUT2D eigenvalue weighted by molar-refractivity contribution is 6.07. The van der Waals surface area contributed by atoms with E-state index in [-0.39, 0.29) is 18.4 Å². The molecule has 0 radical (unpaired) electrons. The van der Waals surface area contributed by atoms with E-state index in [1.807, 2.05) is 24.3 Å². The predicted molar refractivity (Wildman–Crippen MR) is 82.0 cm³/mol. The molecule has 110 valence electrons. The van der Waals surface area contributed by atoms with Crippen molar-refractivity contribution >= 4 is 28.5 Å². The van der Waals surface area contributed by atoms with Crippen LogP contribution in [0.5, 0.6) is 0 Å². The van der Waals surface area contributed by atoms with Gasteiger partial charge in [-0.1, -0.05) is 18.2 Å². The average molecular weight is 286 g/mol. The van der Waals surface area contributed by atoms with Crippen LogP contribution in [0.4, 0.5) is 5.82 Å². The molecule has 6 heteroatoms. The first kappa shape index (κ1) is 14.8. The maximum Gasteiger partial charge on any atom is 0.252 e. The molecule has 6 nitrogen and oxygen atoms in total. The van der Waals surface area contributed by atoms with E-state index in [2.05, 4.69) is 15.6 Å². The van der Waals surface area contributed by atoms with Crippen molar-refractivity contribution in [3.8, 4) is 0 Å². The highest BCUT2D eigenvalue weighted by Gasteiger charge is 2.15. The third-order valence-electron chi connectivity index (χ3n) is 3.10. The van der Waals surface area contributed by atoms with Crippen LogP contribution in [0, 0.1) is 0 Å². The SMILES string of the molecule is CNc1cc(C(=O)NC(C)CC(N)=O)c2ccccc2n1. The van der Waals surface area contributed by atoms with Crippen molar-refractivity contribution in [1.82, 2.24) is 10.3 Å². The number of aromatic nitrogens is 1. The summed E-state index contributed by atoms with van der Waals surface area (Å²) in [6.45, 7) is 1.74. The maximum atomic E-state index is 12.4. The molecule has 2 rings (SSSR count). The minimum atomic E-state index is -0.446. The Balaban J connectivity index is 2.35. The molecule has 1 aromatic heterocycles. The summed E-state index contributed by atoms with van der Waals surface area (Å²) < 4.78 is 0. The lowest BCUT2D eigenvalue weighted by atomic mass is 10.1. The first-order valence-electron chi connectivity index (χ1n) is 6.68. The second-order valence-corrected chi connectivity index (χ2v) is 4.87. The molecule has 1 atom stereocenters. The Labute approximate surface area is 122 Å². The van der Waals surface area contributed by atoms with Crippen molar-refractivity contribution in [2.45, 2.75) is 19.4 Å². The second kappa shape index (κ2) is 6.21. The molecule has 21 heavy (non-hydrogen) atoms. The summed E-state index contributed by atoms with van der Waals surface area (Å²) in [5.74, 6) is -0.0847. The maximum absolute atomic E-state index is 12.4. The number of benzene rings is 1. The fraction of sp³-hybridized carbons (Fsp3) is 0.267. The van der Waals surface area contributed by atoms with Crippen LogP contribution in [-0.4, -0.2) is 29.9 Å². The van der Waals surface area contributed by atoms with Gasteiger partial charge in [0.1, 0.15) is 5.82 Å². The van der Waals surface area contributed by atoms with Crippen molar-refractivity contribution in [3.05, 3.63) is 35.9 Å². The Kier molecular flexibility index (Phi) is 4.37. The van der Waals surface area contributed by atoms with Crippen molar-refractivity contribution < 1.29 is 9.59 Å². The number of rotatable bonds is 5. The van der Waals surface area contributed by atoms with E-state index in [9.17, 15) is 9.59 Å². The van der Waals surface area contributed by atoms with Gasteiger partial charge in [-0.15, -0.1) is 0 Å². The topological polar surface area (TPSA) is 97.1 Å². The van der Waals surface area contributed by atoms with Crippen LogP contribution in [0.15, 0.2) is 30.3 Å². The van der Waals surface area contributed by atoms with Crippen LogP contribution in [0.25, 0.3) is 10.9 Å². The number of amides is 2. The molecule has 0 saturated heterocycles. The summed E-state index contributed by atoms with van der Waals surface area (Å²) in [6.07, 6.45) is 0.105. The summed E-state index contributed by atoms with van der Waals surface area (Å²) >= 11 is 0. The molecule has 0 bridgehead atoms. The smallest absolute Gasteiger partial charge is 0.252 e. The number of pyridine rings is 1. The van der Waals surface area contributed by atoms with Crippen LogP contribution in [0.3, 0.4) is 0 Å². The van der Waals surface area contributed by atoms with E-state index < -0.39 is 5.91 Å². The van der Waals surface area contributed by atoms with E-state index in [1.165, 1.54) is 0 Å². The van der Waals surface area contributed by atoms with Crippen LogP contribution in [0.1, 0.15) is 23.7 Å². The first-order valence-corrected chi connectivity index (χ1v) is 6.68. The van der Waals surface area contributed by atoms with Crippen molar-refractivity contribution in [2.75, 3.05) is 12.4 Å². The summed E-state index contributed by atoms with van der Waals surface area (Å²) in [5.41, 5.74) is 6.38. The highest BCUT2D eigenvalue weighted by atomic mass is 16.2. The Morgan fingerprint density at radius 1 is 1.33 bits per heavy atom. The van der Waals surface area contributed by atoms with Gasteiger partial charge in [-0.05, 0) is 19.1 Å². The Bertz CT molecular complexity index is 684. The number of nitrogens with two attached hydrogens (primary N) is 1. The molecular formula is C15H18N4O2. The zero-order valence-corrected chi connectivity index (χ0v) is 12.0. The molecule has 1 unspecified atom stereocenters. The molecule has 0 fully saturated rings.